The lowest BCUT2D eigenvalue weighted by Gasteiger charge is -2.18. The Kier molecular flexibility index (Phi) is 4.28. The summed E-state index contributed by atoms with van der Waals surface area (Å²) in [5.74, 6) is 4.01. The maximum Gasteiger partial charge on any atom is -0.0383 e. The van der Waals surface area contributed by atoms with E-state index in [1.807, 2.05) is 0 Å². The molecule has 1 aliphatic carbocycles. The van der Waals surface area contributed by atoms with Crippen LogP contribution in [0.3, 0.4) is 0 Å². The van der Waals surface area contributed by atoms with Crippen molar-refractivity contribution in [1.82, 2.24) is 0 Å². The first-order valence-electron chi connectivity index (χ1n) is 6.13. The highest BCUT2D eigenvalue weighted by Crippen LogP contribution is 2.40. The van der Waals surface area contributed by atoms with E-state index < -0.39 is 0 Å². The molecule has 0 amide bonds. The fraction of sp³-hybridized carbons (Fsp3) is 1.00. The molecule has 0 spiro atoms. The first-order valence-corrected chi connectivity index (χ1v) is 6.13. The Morgan fingerprint density at radius 1 is 1.15 bits per heavy atom. The first kappa shape index (κ1) is 11.1. The van der Waals surface area contributed by atoms with E-state index in [1.165, 1.54) is 32.1 Å². The Balaban J connectivity index is 2.31. The summed E-state index contributed by atoms with van der Waals surface area (Å²) in [4.78, 5) is 0. The van der Waals surface area contributed by atoms with Gasteiger partial charge in [0.2, 0.25) is 0 Å². The Morgan fingerprint density at radius 2 is 1.77 bits per heavy atom. The molecule has 1 unspecified atom stereocenters. The smallest absolute Gasteiger partial charge is 0.0383 e. The largest absolute Gasteiger partial charge is 0.0651 e. The zero-order valence-corrected chi connectivity index (χ0v) is 9.84. The molecule has 0 bridgehead atoms. The Labute approximate surface area is 84.1 Å². The van der Waals surface area contributed by atoms with Gasteiger partial charge in [0.15, 0.2) is 0 Å². The SMILES string of the molecule is CC[C@H]1CC(C)C[C@H]1CCC(C)C. The molecular formula is C13H26. The third-order valence-electron chi connectivity index (χ3n) is 3.72. The maximum atomic E-state index is 2.43. The van der Waals surface area contributed by atoms with Gasteiger partial charge in [-0.3, -0.25) is 0 Å². The molecule has 13 heavy (non-hydrogen) atoms. The van der Waals surface area contributed by atoms with E-state index in [1.54, 1.807) is 0 Å². The summed E-state index contributed by atoms with van der Waals surface area (Å²) < 4.78 is 0. The van der Waals surface area contributed by atoms with Crippen molar-refractivity contribution in [2.45, 2.75) is 59.8 Å². The summed E-state index contributed by atoms with van der Waals surface area (Å²) in [7, 11) is 0. The second-order valence-electron chi connectivity index (χ2n) is 5.48. The van der Waals surface area contributed by atoms with Crippen molar-refractivity contribution >= 4 is 0 Å². The number of hydrogen-bond donors (Lipinski definition) is 0. The minimum Gasteiger partial charge on any atom is -0.0651 e. The van der Waals surface area contributed by atoms with Gasteiger partial charge in [0.1, 0.15) is 0 Å². The summed E-state index contributed by atoms with van der Waals surface area (Å²) in [6.45, 7) is 9.49. The predicted octanol–water partition coefficient (Wildman–Crippen LogP) is 4.49. The molecule has 0 nitrogen and oxygen atoms in total. The molecule has 0 aromatic rings. The van der Waals surface area contributed by atoms with Crippen LogP contribution in [0.4, 0.5) is 0 Å². The van der Waals surface area contributed by atoms with Crippen molar-refractivity contribution in [2.24, 2.45) is 23.7 Å². The van der Waals surface area contributed by atoms with Gasteiger partial charge in [-0.15, -0.1) is 0 Å². The van der Waals surface area contributed by atoms with Gasteiger partial charge < -0.3 is 0 Å². The molecule has 0 saturated heterocycles. The molecule has 1 aliphatic rings. The average Bonchev–Trinajstić information content (AvgIpc) is 2.42. The van der Waals surface area contributed by atoms with E-state index in [0.29, 0.717) is 0 Å². The van der Waals surface area contributed by atoms with E-state index in [2.05, 4.69) is 27.7 Å². The molecule has 0 N–H and O–H groups in total. The van der Waals surface area contributed by atoms with Crippen molar-refractivity contribution in [3.63, 3.8) is 0 Å². The molecule has 0 radical (unpaired) electrons. The van der Waals surface area contributed by atoms with Gasteiger partial charge in [-0.25, -0.2) is 0 Å². The molecule has 1 fully saturated rings. The van der Waals surface area contributed by atoms with Crippen LogP contribution in [0.15, 0.2) is 0 Å². The quantitative estimate of drug-likeness (QED) is 0.600. The van der Waals surface area contributed by atoms with E-state index in [9.17, 15) is 0 Å². The van der Waals surface area contributed by atoms with Crippen LogP contribution in [-0.2, 0) is 0 Å². The van der Waals surface area contributed by atoms with Gasteiger partial charge in [0, 0.05) is 0 Å². The topological polar surface area (TPSA) is 0 Å². The molecule has 1 rings (SSSR count). The fourth-order valence-corrected chi connectivity index (χ4v) is 2.92. The van der Waals surface area contributed by atoms with Crippen molar-refractivity contribution in [3.8, 4) is 0 Å². The minimum atomic E-state index is 0.897. The molecule has 0 aromatic heterocycles. The van der Waals surface area contributed by atoms with E-state index in [0.717, 1.165) is 23.7 Å². The minimum absolute atomic E-state index is 0.897. The fourth-order valence-electron chi connectivity index (χ4n) is 2.92. The van der Waals surface area contributed by atoms with Gasteiger partial charge in [-0.1, -0.05) is 40.5 Å². The summed E-state index contributed by atoms with van der Waals surface area (Å²) in [6.07, 6.45) is 7.34. The zero-order valence-electron chi connectivity index (χ0n) is 9.84. The zero-order chi connectivity index (χ0) is 9.84. The van der Waals surface area contributed by atoms with Crippen molar-refractivity contribution in [2.75, 3.05) is 0 Å². The average molecular weight is 182 g/mol. The molecule has 1 saturated carbocycles. The second kappa shape index (κ2) is 5.02. The molecule has 0 heterocycles. The van der Waals surface area contributed by atoms with Crippen molar-refractivity contribution in [1.29, 1.82) is 0 Å². The normalized spacial score (nSPS) is 34.4. The van der Waals surface area contributed by atoms with Crippen LogP contribution in [0.25, 0.3) is 0 Å². The molecule has 3 atom stereocenters. The van der Waals surface area contributed by atoms with Gasteiger partial charge >= 0.3 is 0 Å². The lowest BCUT2D eigenvalue weighted by Crippen LogP contribution is -2.07. The van der Waals surface area contributed by atoms with Crippen LogP contribution in [0.1, 0.15) is 59.8 Å². The maximum absolute atomic E-state index is 2.43. The second-order valence-corrected chi connectivity index (χ2v) is 5.48. The Morgan fingerprint density at radius 3 is 2.31 bits per heavy atom. The van der Waals surface area contributed by atoms with Crippen LogP contribution in [-0.4, -0.2) is 0 Å². The molecule has 0 aliphatic heterocycles. The van der Waals surface area contributed by atoms with Crippen LogP contribution in [0.2, 0.25) is 0 Å². The van der Waals surface area contributed by atoms with Crippen molar-refractivity contribution < 1.29 is 0 Å². The summed E-state index contributed by atoms with van der Waals surface area (Å²) in [5.41, 5.74) is 0. The molecule has 0 heteroatoms. The predicted molar refractivity (Wildman–Crippen MR) is 59.7 cm³/mol. The lowest BCUT2D eigenvalue weighted by molar-refractivity contribution is 0.329. The Bertz CT molecular complexity index is 137. The van der Waals surface area contributed by atoms with Crippen LogP contribution in [0.5, 0.6) is 0 Å². The van der Waals surface area contributed by atoms with Crippen LogP contribution >= 0.6 is 0 Å². The molecular weight excluding hydrogens is 156 g/mol. The van der Waals surface area contributed by atoms with Crippen LogP contribution < -0.4 is 0 Å². The van der Waals surface area contributed by atoms with Gasteiger partial charge in [0.05, 0.1) is 0 Å². The Hall–Kier alpha value is 0. The number of hydrogen-bond acceptors (Lipinski definition) is 0. The third kappa shape index (κ3) is 3.32. The summed E-state index contributed by atoms with van der Waals surface area (Å²) in [5, 5.41) is 0. The van der Waals surface area contributed by atoms with E-state index >= 15 is 0 Å². The highest BCUT2D eigenvalue weighted by molar-refractivity contribution is 4.80. The van der Waals surface area contributed by atoms with Crippen molar-refractivity contribution in [3.05, 3.63) is 0 Å². The van der Waals surface area contributed by atoms with Gasteiger partial charge in [-0.2, -0.15) is 0 Å². The molecule has 78 valence electrons. The number of rotatable bonds is 4. The van der Waals surface area contributed by atoms with E-state index in [4.69, 9.17) is 0 Å². The van der Waals surface area contributed by atoms with Gasteiger partial charge in [-0.05, 0) is 42.9 Å². The summed E-state index contributed by atoms with van der Waals surface area (Å²) >= 11 is 0. The van der Waals surface area contributed by atoms with E-state index in [-0.39, 0.29) is 0 Å². The standard InChI is InChI=1S/C13H26/c1-5-12-8-11(4)9-13(12)7-6-10(2)3/h10-13H,5-9H2,1-4H3/t11?,12-,13+/m0/s1. The highest BCUT2D eigenvalue weighted by Gasteiger charge is 2.29. The monoisotopic (exact) mass is 182 g/mol. The molecule has 0 aromatic carbocycles. The van der Waals surface area contributed by atoms with Crippen LogP contribution in [0, 0.1) is 23.7 Å². The third-order valence-corrected chi connectivity index (χ3v) is 3.72. The first-order chi connectivity index (χ1) is 6.13. The lowest BCUT2D eigenvalue weighted by atomic mass is 9.88. The summed E-state index contributed by atoms with van der Waals surface area (Å²) in [6, 6.07) is 0. The highest BCUT2D eigenvalue weighted by atomic mass is 14.3. The van der Waals surface area contributed by atoms with Gasteiger partial charge in [0.25, 0.3) is 0 Å².